The molecule has 0 aromatic heterocycles. The summed E-state index contributed by atoms with van der Waals surface area (Å²) in [5, 5.41) is 0.745. The van der Waals surface area contributed by atoms with Crippen LogP contribution in [0.15, 0.2) is 45.3 Å². The zero-order valence-corrected chi connectivity index (χ0v) is 13.7. The first-order valence-corrected chi connectivity index (χ1v) is 7.42. The van der Waals surface area contributed by atoms with Crippen molar-refractivity contribution in [3.8, 4) is 0 Å². The summed E-state index contributed by atoms with van der Waals surface area (Å²) in [4.78, 5) is 0. The van der Waals surface area contributed by atoms with Crippen LogP contribution in [0.25, 0.3) is 0 Å². The Morgan fingerprint density at radius 2 is 1.83 bits per heavy atom. The van der Waals surface area contributed by atoms with Gasteiger partial charge < -0.3 is 5.73 Å². The van der Waals surface area contributed by atoms with Crippen molar-refractivity contribution in [3.05, 3.63) is 67.1 Å². The third-order valence-corrected chi connectivity index (χ3v) is 4.47. The Bertz CT molecular complexity index is 584. The summed E-state index contributed by atoms with van der Waals surface area (Å²) in [7, 11) is 0. The summed E-state index contributed by atoms with van der Waals surface area (Å²) in [6, 6.07) is 11.7. The van der Waals surface area contributed by atoms with E-state index in [9.17, 15) is 0 Å². The van der Waals surface area contributed by atoms with Gasteiger partial charge in [0.1, 0.15) is 0 Å². The lowest BCUT2D eigenvalue weighted by Gasteiger charge is -2.15. The summed E-state index contributed by atoms with van der Waals surface area (Å²) in [6.07, 6.45) is 0. The van der Waals surface area contributed by atoms with Crippen molar-refractivity contribution < 1.29 is 0 Å². The number of rotatable bonds is 2. The monoisotopic (exact) mass is 387 g/mol. The van der Waals surface area contributed by atoms with E-state index in [4.69, 9.17) is 17.3 Å². The Morgan fingerprint density at radius 1 is 1.11 bits per heavy atom. The first-order valence-electron chi connectivity index (χ1n) is 5.45. The number of halogens is 3. The molecule has 94 valence electrons. The molecular formula is C14H12Br2ClN. The van der Waals surface area contributed by atoms with Crippen LogP contribution in [0.5, 0.6) is 0 Å². The van der Waals surface area contributed by atoms with E-state index in [-0.39, 0.29) is 6.04 Å². The number of aryl methyl sites for hydroxylation is 1. The summed E-state index contributed by atoms with van der Waals surface area (Å²) < 4.78 is 2.00. The maximum atomic E-state index is 6.30. The van der Waals surface area contributed by atoms with E-state index in [2.05, 4.69) is 31.9 Å². The Morgan fingerprint density at radius 3 is 2.50 bits per heavy atom. The molecule has 0 fully saturated rings. The Hall–Kier alpha value is -0.350. The maximum absolute atomic E-state index is 6.30. The second kappa shape index (κ2) is 5.74. The molecule has 0 spiro atoms. The van der Waals surface area contributed by atoms with Crippen molar-refractivity contribution in [1.29, 1.82) is 0 Å². The van der Waals surface area contributed by atoms with Crippen LogP contribution in [-0.4, -0.2) is 0 Å². The average molecular weight is 390 g/mol. The molecule has 2 aromatic rings. The fourth-order valence-corrected chi connectivity index (χ4v) is 2.80. The van der Waals surface area contributed by atoms with E-state index in [0.717, 1.165) is 30.7 Å². The van der Waals surface area contributed by atoms with Crippen molar-refractivity contribution in [1.82, 2.24) is 0 Å². The smallest absolute Gasteiger partial charge is 0.0563 e. The third kappa shape index (κ3) is 2.97. The summed E-state index contributed by atoms with van der Waals surface area (Å²) in [5.74, 6) is 0. The lowest BCUT2D eigenvalue weighted by atomic mass is 9.99. The zero-order valence-electron chi connectivity index (χ0n) is 9.75. The quantitative estimate of drug-likeness (QED) is 0.749. The van der Waals surface area contributed by atoms with E-state index in [1.165, 1.54) is 0 Å². The fourth-order valence-electron chi connectivity index (χ4n) is 1.74. The van der Waals surface area contributed by atoms with Gasteiger partial charge in [0, 0.05) is 14.0 Å². The Balaban J connectivity index is 2.44. The molecule has 4 heteroatoms. The topological polar surface area (TPSA) is 26.0 Å². The van der Waals surface area contributed by atoms with Crippen LogP contribution in [0.4, 0.5) is 0 Å². The molecule has 0 heterocycles. The van der Waals surface area contributed by atoms with Gasteiger partial charge in [-0.3, -0.25) is 0 Å². The van der Waals surface area contributed by atoms with Gasteiger partial charge in [0.2, 0.25) is 0 Å². The number of nitrogens with two attached hydrogens (primary N) is 1. The molecular weight excluding hydrogens is 377 g/mol. The van der Waals surface area contributed by atoms with Crippen LogP contribution in [0.3, 0.4) is 0 Å². The van der Waals surface area contributed by atoms with E-state index in [0.29, 0.717) is 0 Å². The molecule has 0 saturated carbocycles. The maximum Gasteiger partial charge on any atom is 0.0563 e. The minimum atomic E-state index is -0.199. The molecule has 2 N–H and O–H groups in total. The molecule has 0 bridgehead atoms. The van der Waals surface area contributed by atoms with Crippen LogP contribution in [-0.2, 0) is 0 Å². The van der Waals surface area contributed by atoms with Crippen LogP contribution in [0, 0.1) is 6.92 Å². The SMILES string of the molecule is Cc1ccc(C(N)c2cc(Br)ccc2Br)cc1Cl. The third-order valence-electron chi connectivity index (χ3n) is 2.85. The molecule has 18 heavy (non-hydrogen) atoms. The van der Waals surface area contributed by atoms with Crippen LogP contribution in [0.2, 0.25) is 5.02 Å². The molecule has 0 aliphatic heterocycles. The minimum absolute atomic E-state index is 0.199. The van der Waals surface area contributed by atoms with Gasteiger partial charge in [0.25, 0.3) is 0 Å². The number of hydrogen-bond donors (Lipinski definition) is 1. The van der Waals surface area contributed by atoms with Crippen LogP contribution >= 0.6 is 43.5 Å². The average Bonchev–Trinajstić information content (AvgIpc) is 2.35. The standard InChI is InChI=1S/C14H12Br2ClN/c1-8-2-3-9(6-13(8)17)14(18)11-7-10(15)4-5-12(11)16/h2-7,14H,18H2,1H3. The number of hydrogen-bond acceptors (Lipinski definition) is 1. The highest BCUT2D eigenvalue weighted by molar-refractivity contribution is 9.11. The van der Waals surface area contributed by atoms with Gasteiger partial charge in [0.05, 0.1) is 6.04 Å². The lowest BCUT2D eigenvalue weighted by molar-refractivity contribution is 0.864. The van der Waals surface area contributed by atoms with Gasteiger partial charge in [-0.25, -0.2) is 0 Å². The second-order valence-corrected chi connectivity index (χ2v) is 6.33. The molecule has 0 radical (unpaired) electrons. The van der Waals surface area contributed by atoms with Gasteiger partial charge in [-0.1, -0.05) is 55.6 Å². The highest BCUT2D eigenvalue weighted by Crippen LogP contribution is 2.31. The van der Waals surface area contributed by atoms with Gasteiger partial charge in [-0.05, 0) is 47.9 Å². The predicted octanol–water partition coefficient (Wildman–Crippen LogP) is 5.22. The lowest BCUT2D eigenvalue weighted by Crippen LogP contribution is -2.12. The van der Waals surface area contributed by atoms with Crippen molar-refractivity contribution in [2.75, 3.05) is 0 Å². The molecule has 1 nitrogen and oxygen atoms in total. The van der Waals surface area contributed by atoms with Crippen molar-refractivity contribution in [3.63, 3.8) is 0 Å². The highest BCUT2D eigenvalue weighted by atomic mass is 79.9. The van der Waals surface area contributed by atoms with Crippen molar-refractivity contribution >= 4 is 43.5 Å². The van der Waals surface area contributed by atoms with E-state index in [1.54, 1.807) is 0 Å². The predicted molar refractivity (Wildman–Crippen MR) is 84.1 cm³/mol. The van der Waals surface area contributed by atoms with Gasteiger partial charge in [-0.2, -0.15) is 0 Å². The summed E-state index contributed by atoms with van der Waals surface area (Å²) in [5.41, 5.74) is 9.39. The molecule has 2 aromatic carbocycles. The largest absolute Gasteiger partial charge is 0.320 e. The first kappa shape index (κ1) is 14.1. The molecule has 0 aliphatic carbocycles. The highest BCUT2D eigenvalue weighted by Gasteiger charge is 2.13. The summed E-state index contributed by atoms with van der Waals surface area (Å²) in [6.45, 7) is 1.98. The van der Waals surface area contributed by atoms with E-state index in [1.807, 2.05) is 43.3 Å². The number of benzene rings is 2. The second-order valence-electron chi connectivity index (χ2n) is 4.15. The molecule has 0 amide bonds. The molecule has 0 aliphatic rings. The molecule has 2 rings (SSSR count). The van der Waals surface area contributed by atoms with Crippen molar-refractivity contribution in [2.24, 2.45) is 5.73 Å². The van der Waals surface area contributed by atoms with Crippen LogP contribution in [0.1, 0.15) is 22.7 Å². The van der Waals surface area contributed by atoms with Gasteiger partial charge >= 0.3 is 0 Å². The Kier molecular flexibility index (Phi) is 4.49. The molecule has 0 saturated heterocycles. The van der Waals surface area contributed by atoms with Crippen molar-refractivity contribution in [2.45, 2.75) is 13.0 Å². The van der Waals surface area contributed by atoms with Gasteiger partial charge in [0.15, 0.2) is 0 Å². The van der Waals surface area contributed by atoms with Crippen LogP contribution < -0.4 is 5.73 Å². The summed E-state index contributed by atoms with van der Waals surface area (Å²) >= 11 is 13.1. The molecule has 1 atom stereocenters. The molecule has 1 unspecified atom stereocenters. The Labute approximate surface area is 129 Å². The zero-order chi connectivity index (χ0) is 13.3. The fraction of sp³-hybridized carbons (Fsp3) is 0.143. The minimum Gasteiger partial charge on any atom is -0.320 e. The van der Waals surface area contributed by atoms with E-state index >= 15 is 0 Å². The first-order chi connectivity index (χ1) is 8.49. The van der Waals surface area contributed by atoms with E-state index < -0.39 is 0 Å². The van der Waals surface area contributed by atoms with Gasteiger partial charge in [-0.15, -0.1) is 0 Å². The normalized spacial score (nSPS) is 12.5.